The van der Waals surface area contributed by atoms with Gasteiger partial charge in [-0.2, -0.15) is 0 Å². The molecule has 0 aromatic heterocycles. The highest BCUT2D eigenvalue weighted by Gasteiger charge is 2.34. The fourth-order valence-electron chi connectivity index (χ4n) is 3.84. The highest BCUT2D eigenvalue weighted by atomic mass is 35.5. The van der Waals surface area contributed by atoms with E-state index in [9.17, 15) is 15.0 Å². The second-order valence-corrected chi connectivity index (χ2v) is 9.61. The summed E-state index contributed by atoms with van der Waals surface area (Å²) in [4.78, 5) is 11.3. The molecule has 0 heterocycles. The molecule has 1 aliphatic rings. The van der Waals surface area contributed by atoms with Crippen molar-refractivity contribution in [1.82, 2.24) is 0 Å². The van der Waals surface area contributed by atoms with Crippen LogP contribution in [0.3, 0.4) is 0 Å². The van der Waals surface area contributed by atoms with Crippen LogP contribution in [0.5, 0.6) is 0 Å². The van der Waals surface area contributed by atoms with Crippen molar-refractivity contribution in [3.05, 3.63) is 53.1 Å². The molecule has 0 aliphatic heterocycles. The van der Waals surface area contributed by atoms with Crippen LogP contribution in [0.15, 0.2) is 42.5 Å². The summed E-state index contributed by atoms with van der Waals surface area (Å²) in [5.41, 5.74) is 2.74. The van der Waals surface area contributed by atoms with Gasteiger partial charge in [0.05, 0.1) is 29.4 Å². The van der Waals surface area contributed by atoms with Crippen LogP contribution in [-0.4, -0.2) is 27.8 Å². The number of carboxylic acid groups (broad SMARTS) is 1. The van der Waals surface area contributed by atoms with E-state index >= 15 is 0 Å². The van der Waals surface area contributed by atoms with Crippen molar-refractivity contribution in [1.29, 1.82) is 0 Å². The van der Waals surface area contributed by atoms with Crippen LogP contribution in [0.2, 0.25) is 5.02 Å². The van der Waals surface area contributed by atoms with E-state index in [1.165, 1.54) is 12.8 Å². The van der Waals surface area contributed by atoms with Crippen LogP contribution in [0.1, 0.15) is 64.4 Å². The third-order valence-corrected chi connectivity index (χ3v) is 6.25. The zero-order chi connectivity index (χ0) is 22.6. The zero-order valence-electron chi connectivity index (χ0n) is 18.5. The summed E-state index contributed by atoms with van der Waals surface area (Å²) < 4.78 is 0. The average Bonchev–Trinajstić information content (AvgIpc) is 3.52. The topological polar surface area (TPSA) is 81.6 Å². The monoisotopic (exact) mass is 444 g/mol. The number of hydrogen-bond acceptors (Lipinski definition) is 4. The molecular weight excluding hydrogens is 412 g/mol. The van der Waals surface area contributed by atoms with Gasteiger partial charge in [0.1, 0.15) is 0 Å². The first-order chi connectivity index (χ1) is 14.7. The van der Waals surface area contributed by atoms with Gasteiger partial charge in [-0.15, -0.1) is 0 Å². The summed E-state index contributed by atoms with van der Waals surface area (Å²) in [6.45, 7) is 5.69. The van der Waals surface area contributed by atoms with Crippen LogP contribution < -0.4 is 10.6 Å². The van der Waals surface area contributed by atoms with Crippen molar-refractivity contribution in [2.75, 3.05) is 10.6 Å². The van der Waals surface area contributed by atoms with E-state index in [4.69, 9.17) is 11.6 Å². The van der Waals surface area contributed by atoms with Gasteiger partial charge in [-0.1, -0.05) is 37.4 Å². The lowest BCUT2D eigenvalue weighted by Gasteiger charge is -2.32. The summed E-state index contributed by atoms with van der Waals surface area (Å²) >= 11 is 6.03. The predicted octanol–water partition coefficient (Wildman–Crippen LogP) is 6.40. The molecule has 168 valence electrons. The number of aliphatic hydroxyl groups is 1. The Labute approximate surface area is 189 Å². The van der Waals surface area contributed by atoms with Gasteiger partial charge in [0.25, 0.3) is 0 Å². The molecule has 1 aliphatic carbocycles. The number of halogens is 1. The summed E-state index contributed by atoms with van der Waals surface area (Å²) in [6, 6.07) is 13.4. The third kappa shape index (κ3) is 6.88. The van der Waals surface area contributed by atoms with E-state index < -0.39 is 11.6 Å². The van der Waals surface area contributed by atoms with Crippen molar-refractivity contribution in [2.24, 2.45) is 5.92 Å². The van der Waals surface area contributed by atoms with Crippen molar-refractivity contribution in [3.63, 3.8) is 0 Å². The lowest BCUT2D eigenvalue weighted by atomic mass is 9.91. The molecule has 31 heavy (non-hydrogen) atoms. The molecule has 4 N–H and O–H groups in total. The Morgan fingerprint density at radius 1 is 1.16 bits per heavy atom. The van der Waals surface area contributed by atoms with Crippen molar-refractivity contribution in [3.8, 4) is 0 Å². The minimum absolute atomic E-state index is 0.0612. The number of carbonyl (C=O) groups is 1. The molecule has 3 rings (SSSR count). The number of aliphatic carboxylic acids is 1. The molecule has 2 atom stereocenters. The largest absolute Gasteiger partial charge is 0.481 e. The van der Waals surface area contributed by atoms with Gasteiger partial charge in [-0.05, 0) is 80.5 Å². The Hall–Kier alpha value is -2.24. The van der Waals surface area contributed by atoms with Gasteiger partial charge in [0.15, 0.2) is 0 Å². The normalized spacial score (nSPS) is 15.9. The molecule has 0 saturated heterocycles. The number of carboxylic acids is 1. The zero-order valence-corrected chi connectivity index (χ0v) is 19.2. The molecule has 2 aromatic carbocycles. The molecule has 0 bridgehead atoms. The SMILES string of the molecule is CCC(CC(=O)O)c1ccc(N[C@H](CC2CC2)C(C)(C)O)c(Nc2ccc(Cl)cc2)c1. The van der Waals surface area contributed by atoms with Crippen molar-refractivity contribution in [2.45, 2.75) is 70.4 Å². The van der Waals surface area contributed by atoms with Gasteiger partial charge in [0, 0.05) is 10.7 Å². The second-order valence-electron chi connectivity index (χ2n) is 9.17. The number of rotatable bonds is 11. The van der Waals surface area contributed by atoms with Crippen molar-refractivity contribution >= 4 is 34.6 Å². The van der Waals surface area contributed by atoms with Gasteiger partial charge in [-0.25, -0.2) is 0 Å². The van der Waals surface area contributed by atoms with Crippen LogP contribution in [0.4, 0.5) is 17.1 Å². The maximum atomic E-state index is 11.3. The highest BCUT2D eigenvalue weighted by Crippen LogP contribution is 2.38. The smallest absolute Gasteiger partial charge is 0.303 e. The first-order valence-corrected chi connectivity index (χ1v) is 11.4. The predicted molar refractivity (Wildman–Crippen MR) is 128 cm³/mol. The molecule has 1 unspecified atom stereocenters. The van der Waals surface area contributed by atoms with Crippen molar-refractivity contribution < 1.29 is 15.0 Å². The standard InChI is InChI=1S/C25H33ClN2O3/c1-4-17(15-24(29)30)18-7-12-21(28-23(25(2,3)31)13-16-5-6-16)22(14-18)27-20-10-8-19(26)9-11-20/h7-12,14,16-17,23,27-28,31H,4-6,13,15H2,1-3H3,(H,29,30)/t17?,23-/m1/s1. The molecule has 2 aromatic rings. The Morgan fingerprint density at radius 3 is 2.39 bits per heavy atom. The molecule has 0 spiro atoms. The molecule has 5 nitrogen and oxygen atoms in total. The Kier molecular flexibility index (Phi) is 7.50. The molecule has 6 heteroatoms. The quantitative estimate of drug-likeness (QED) is 0.322. The number of anilines is 3. The second kappa shape index (κ2) is 9.92. The summed E-state index contributed by atoms with van der Waals surface area (Å²) in [6.07, 6.45) is 4.19. The summed E-state index contributed by atoms with van der Waals surface area (Å²) in [5, 5.41) is 27.7. The Balaban J connectivity index is 1.93. The summed E-state index contributed by atoms with van der Waals surface area (Å²) in [7, 11) is 0. The molecule has 1 saturated carbocycles. The molecule has 0 radical (unpaired) electrons. The Bertz CT molecular complexity index is 889. The number of hydrogen-bond donors (Lipinski definition) is 4. The van der Waals surface area contributed by atoms with Crippen LogP contribution in [0, 0.1) is 5.92 Å². The lowest BCUT2D eigenvalue weighted by molar-refractivity contribution is -0.137. The minimum Gasteiger partial charge on any atom is -0.481 e. The highest BCUT2D eigenvalue weighted by molar-refractivity contribution is 6.30. The molecule has 0 amide bonds. The minimum atomic E-state index is -0.867. The van der Waals surface area contributed by atoms with Crippen LogP contribution in [-0.2, 0) is 4.79 Å². The van der Waals surface area contributed by atoms with Crippen LogP contribution >= 0.6 is 11.6 Å². The maximum Gasteiger partial charge on any atom is 0.303 e. The van der Waals surface area contributed by atoms with E-state index in [2.05, 4.69) is 10.6 Å². The van der Waals surface area contributed by atoms with E-state index in [1.54, 1.807) is 0 Å². The fourth-order valence-corrected chi connectivity index (χ4v) is 3.97. The van der Waals surface area contributed by atoms with E-state index in [1.807, 2.05) is 63.2 Å². The molecular formula is C25H33ClN2O3. The van der Waals surface area contributed by atoms with Gasteiger partial charge < -0.3 is 20.8 Å². The first-order valence-electron chi connectivity index (χ1n) is 11.0. The van der Waals surface area contributed by atoms with E-state index in [0.717, 1.165) is 35.5 Å². The summed E-state index contributed by atoms with van der Waals surface area (Å²) in [5.74, 6) is -0.197. The van der Waals surface area contributed by atoms with E-state index in [0.29, 0.717) is 10.9 Å². The lowest BCUT2D eigenvalue weighted by Crippen LogP contribution is -2.42. The number of benzene rings is 2. The maximum absolute atomic E-state index is 11.3. The first kappa shape index (κ1) is 23.4. The average molecular weight is 445 g/mol. The third-order valence-electron chi connectivity index (χ3n) is 6.00. The fraction of sp³-hybridized carbons (Fsp3) is 0.480. The van der Waals surface area contributed by atoms with Crippen LogP contribution in [0.25, 0.3) is 0 Å². The number of nitrogens with one attached hydrogen (secondary N) is 2. The molecule has 1 fully saturated rings. The Morgan fingerprint density at radius 2 is 1.84 bits per heavy atom. The van der Waals surface area contributed by atoms with Gasteiger partial charge >= 0.3 is 5.97 Å². The van der Waals surface area contributed by atoms with Gasteiger partial charge in [0.2, 0.25) is 0 Å². The van der Waals surface area contributed by atoms with Gasteiger partial charge in [-0.3, -0.25) is 4.79 Å². The van der Waals surface area contributed by atoms with E-state index in [-0.39, 0.29) is 18.4 Å².